The van der Waals surface area contributed by atoms with Gasteiger partial charge in [0.1, 0.15) is 0 Å². The van der Waals surface area contributed by atoms with Gasteiger partial charge in [0, 0.05) is 41.5 Å². The van der Waals surface area contributed by atoms with E-state index in [9.17, 15) is 4.79 Å². The molecule has 27 heavy (non-hydrogen) atoms. The maximum Gasteiger partial charge on any atom is 0.254 e. The lowest BCUT2D eigenvalue weighted by Gasteiger charge is -2.44. The second-order valence-electron chi connectivity index (χ2n) is 7.33. The zero-order valence-corrected chi connectivity index (χ0v) is 16.0. The second kappa shape index (κ2) is 6.99. The molecule has 0 aliphatic carbocycles. The molecule has 2 aromatic carbocycles. The lowest BCUT2D eigenvalue weighted by atomic mass is 10.0. The lowest BCUT2D eigenvalue weighted by molar-refractivity contribution is 0.0644. The summed E-state index contributed by atoms with van der Waals surface area (Å²) in [4.78, 5) is 17.2. The van der Waals surface area contributed by atoms with Crippen LogP contribution in [0.15, 0.2) is 54.6 Å². The Labute approximate surface area is 159 Å². The number of carbonyl (C=O) groups excluding carboxylic acids is 1. The van der Waals surface area contributed by atoms with Gasteiger partial charge in [0.05, 0.1) is 5.69 Å². The maximum absolute atomic E-state index is 12.9. The van der Waals surface area contributed by atoms with E-state index in [2.05, 4.69) is 41.1 Å². The number of aryl methyl sites for hydroxylation is 1. The Morgan fingerprint density at radius 2 is 1.56 bits per heavy atom. The third-order valence-corrected chi connectivity index (χ3v) is 5.39. The number of anilines is 1. The van der Waals surface area contributed by atoms with Crippen molar-refractivity contribution in [1.29, 1.82) is 0 Å². The molecule has 0 N–H and O–H groups in total. The van der Waals surface area contributed by atoms with Crippen LogP contribution in [-0.4, -0.2) is 46.2 Å². The van der Waals surface area contributed by atoms with Crippen molar-refractivity contribution < 1.29 is 4.79 Å². The van der Waals surface area contributed by atoms with Crippen molar-refractivity contribution in [3.8, 4) is 0 Å². The fourth-order valence-corrected chi connectivity index (χ4v) is 3.89. The van der Waals surface area contributed by atoms with Crippen LogP contribution in [0.2, 0.25) is 0 Å². The highest BCUT2D eigenvalue weighted by Gasteiger charge is 2.33. The SMILES string of the molecule is Cc1nnc(N2C[C@H](C)N(C(=O)c3ccccc3)CC2C)c2ccccc12. The average molecular weight is 360 g/mol. The summed E-state index contributed by atoms with van der Waals surface area (Å²) in [5, 5.41) is 11.1. The molecule has 4 rings (SSSR count). The zero-order chi connectivity index (χ0) is 19.0. The van der Waals surface area contributed by atoms with E-state index in [4.69, 9.17) is 0 Å². The molecular formula is C22H24N4O. The van der Waals surface area contributed by atoms with Gasteiger partial charge in [-0.3, -0.25) is 4.79 Å². The Hall–Kier alpha value is -2.95. The van der Waals surface area contributed by atoms with E-state index in [1.165, 1.54) is 0 Å². The molecule has 1 aliphatic rings. The smallest absolute Gasteiger partial charge is 0.254 e. The molecule has 1 unspecified atom stereocenters. The van der Waals surface area contributed by atoms with Gasteiger partial charge < -0.3 is 9.80 Å². The van der Waals surface area contributed by atoms with Gasteiger partial charge in [0.15, 0.2) is 5.82 Å². The summed E-state index contributed by atoms with van der Waals surface area (Å²) in [7, 11) is 0. The molecule has 2 heterocycles. The van der Waals surface area contributed by atoms with Crippen molar-refractivity contribution >= 4 is 22.5 Å². The van der Waals surface area contributed by atoms with E-state index in [1.807, 2.05) is 54.3 Å². The summed E-state index contributed by atoms with van der Waals surface area (Å²) in [6, 6.07) is 18.0. The minimum Gasteiger partial charge on any atom is -0.348 e. The number of carbonyl (C=O) groups is 1. The number of nitrogens with zero attached hydrogens (tertiary/aromatic N) is 4. The molecular weight excluding hydrogens is 336 g/mol. The summed E-state index contributed by atoms with van der Waals surface area (Å²) in [5.74, 6) is 0.997. The number of hydrogen-bond acceptors (Lipinski definition) is 4. The van der Waals surface area contributed by atoms with Crippen LogP contribution in [-0.2, 0) is 0 Å². The first-order valence-corrected chi connectivity index (χ1v) is 9.41. The normalized spacial score (nSPS) is 20.1. The minimum atomic E-state index is 0.0921. The zero-order valence-electron chi connectivity index (χ0n) is 16.0. The van der Waals surface area contributed by atoms with Crippen molar-refractivity contribution in [3.05, 3.63) is 65.9 Å². The first-order chi connectivity index (χ1) is 13.1. The predicted molar refractivity (Wildman–Crippen MR) is 108 cm³/mol. The average Bonchev–Trinajstić information content (AvgIpc) is 2.70. The highest BCUT2D eigenvalue weighted by atomic mass is 16.2. The number of fused-ring (bicyclic) bond motifs is 1. The van der Waals surface area contributed by atoms with Crippen LogP contribution < -0.4 is 4.90 Å². The Kier molecular flexibility index (Phi) is 4.52. The highest BCUT2D eigenvalue weighted by molar-refractivity contribution is 5.95. The van der Waals surface area contributed by atoms with Gasteiger partial charge in [-0.25, -0.2) is 0 Å². The number of piperazine rings is 1. The summed E-state index contributed by atoms with van der Waals surface area (Å²) in [5.41, 5.74) is 1.68. The quantitative estimate of drug-likeness (QED) is 0.699. The second-order valence-corrected chi connectivity index (χ2v) is 7.33. The van der Waals surface area contributed by atoms with Crippen molar-refractivity contribution in [2.24, 2.45) is 0 Å². The molecule has 3 aromatic rings. The molecule has 0 bridgehead atoms. The number of amides is 1. The highest BCUT2D eigenvalue weighted by Crippen LogP contribution is 2.29. The topological polar surface area (TPSA) is 49.3 Å². The van der Waals surface area contributed by atoms with Crippen LogP contribution >= 0.6 is 0 Å². The van der Waals surface area contributed by atoms with Crippen LogP contribution in [0, 0.1) is 6.92 Å². The van der Waals surface area contributed by atoms with Gasteiger partial charge >= 0.3 is 0 Å². The fourth-order valence-electron chi connectivity index (χ4n) is 3.89. The number of benzene rings is 2. The lowest BCUT2D eigenvalue weighted by Crippen LogP contribution is -2.58. The molecule has 1 aromatic heterocycles. The summed E-state index contributed by atoms with van der Waals surface area (Å²) >= 11 is 0. The largest absolute Gasteiger partial charge is 0.348 e. The van der Waals surface area contributed by atoms with Crippen LogP contribution in [0.3, 0.4) is 0 Å². The summed E-state index contributed by atoms with van der Waals surface area (Å²) < 4.78 is 0. The summed E-state index contributed by atoms with van der Waals surface area (Å²) in [6.45, 7) is 7.64. The van der Waals surface area contributed by atoms with E-state index in [1.54, 1.807) is 0 Å². The molecule has 1 fully saturated rings. The fraction of sp³-hybridized carbons (Fsp3) is 0.318. The first-order valence-electron chi connectivity index (χ1n) is 9.41. The van der Waals surface area contributed by atoms with Crippen molar-refractivity contribution in [2.75, 3.05) is 18.0 Å². The van der Waals surface area contributed by atoms with Crippen LogP contribution in [0.4, 0.5) is 5.82 Å². The minimum absolute atomic E-state index is 0.0921. The van der Waals surface area contributed by atoms with E-state index in [0.717, 1.165) is 34.4 Å². The molecule has 1 amide bonds. The predicted octanol–water partition coefficient (Wildman–Crippen LogP) is 3.68. The van der Waals surface area contributed by atoms with Crippen LogP contribution in [0.1, 0.15) is 29.9 Å². The van der Waals surface area contributed by atoms with Gasteiger partial charge in [-0.15, -0.1) is 5.10 Å². The molecule has 1 saturated heterocycles. The number of rotatable bonds is 2. The first kappa shape index (κ1) is 17.5. The molecule has 5 nitrogen and oxygen atoms in total. The van der Waals surface area contributed by atoms with Gasteiger partial charge in [-0.2, -0.15) is 5.10 Å². The maximum atomic E-state index is 12.9. The third kappa shape index (κ3) is 3.14. The van der Waals surface area contributed by atoms with Gasteiger partial charge in [-0.05, 0) is 32.9 Å². The molecule has 0 radical (unpaired) electrons. The summed E-state index contributed by atoms with van der Waals surface area (Å²) in [6.07, 6.45) is 0. The van der Waals surface area contributed by atoms with Crippen LogP contribution in [0.5, 0.6) is 0 Å². The van der Waals surface area contributed by atoms with Crippen molar-refractivity contribution in [2.45, 2.75) is 32.9 Å². The van der Waals surface area contributed by atoms with Crippen molar-refractivity contribution in [1.82, 2.24) is 15.1 Å². The molecule has 138 valence electrons. The Bertz CT molecular complexity index is 972. The molecule has 2 atom stereocenters. The van der Waals surface area contributed by atoms with E-state index >= 15 is 0 Å². The van der Waals surface area contributed by atoms with E-state index in [-0.39, 0.29) is 18.0 Å². The Morgan fingerprint density at radius 3 is 2.30 bits per heavy atom. The van der Waals surface area contributed by atoms with E-state index in [0.29, 0.717) is 6.54 Å². The Morgan fingerprint density at radius 1 is 0.889 bits per heavy atom. The van der Waals surface area contributed by atoms with Gasteiger partial charge in [0.2, 0.25) is 0 Å². The molecule has 0 spiro atoms. The standard InChI is InChI=1S/C22H24N4O/c1-15-14-26(22(27)18-9-5-4-6-10-18)16(2)13-25(15)21-20-12-8-7-11-19(20)17(3)23-24-21/h4-12,15-16H,13-14H2,1-3H3/t15?,16-/m0/s1. The molecule has 0 saturated carbocycles. The Balaban J connectivity index is 1.64. The monoisotopic (exact) mass is 360 g/mol. The third-order valence-electron chi connectivity index (χ3n) is 5.39. The number of aromatic nitrogens is 2. The van der Waals surface area contributed by atoms with Crippen molar-refractivity contribution in [3.63, 3.8) is 0 Å². The molecule has 1 aliphatic heterocycles. The molecule has 5 heteroatoms. The number of hydrogen-bond donors (Lipinski definition) is 0. The van der Waals surface area contributed by atoms with Crippen LogP contribution in [0.25, 0.3) is 10.8 Å². The van der Waals surface area contributed by atoms with Gasteiger partial charge in [-0.1, -0.05) is 42.5 Å². The van der Waals surface area contributed by atoms with Gasteiger partial charge in [0.25, 0.3) is 5.91 Å². The van der Waals surface area contributed by atoms with E-state index < -0.39 is 0 Å².